The van der Waals surface area contributed by atoms with Crippen LogP contribution >= 0.6 is 0 Å². The molecular formula is C22H27N3O2. The minimum absolute atomic E-state index is 0.0901. The fourth-order valence-corrected chi connectivity index (χ4v) is 4.30. The van der Waals surface area contributed by atoms with Gasteiger partial charge in [0.2, 0.25) is 0 Å². The number of hydrazone groups is 1. The Labute approximate surface area is 159 Å². The van der Waals surface area contributed by atoms with Crippen molar-refractivity contribution in [2.45, 2.75) is 51.5 Å². The van der Waals surface area contributed by atoms with Crippen LogP contribution in [0.4, 0.5) is 0 Å². The molecular weight excluding hydrogens is 338 g/mol. The van der Waals surface area contributed by atoms with Gasteiger partial charge >= 0.3 is 0 Å². The summed E-state index contributed by atoms with van der Waals surface area (Å²) in [7, 11) is 0. The molecule has 27 heavy (non-hydrogen) atoms. The highest BCUT2D eigenvalue weighted by molar-refractivity contribution is 6.28. The van der Waals surface area contributed by atoms with Gasteiger partial charge in [0.25, 0.3) is 5.91 Å². The van der Waals surface area contributed by atoms with Crippen molar-refractivity contribution in [2.75, 3.05) is 6.61 Å². The lowest BCUT2D eigenvalue weighted by molar-refractivity contribution is -0.116. The summed E-state index contributed by atoms with van der Waals surface area (Å²) >= 11 is 0. The minimum atomic E-state index is -0.0901. The Morgan fingerprint density at radius 1 is 1.19 bits per heavy atom. The number of aryl methyl sites for hydroxylation is 1. The van der Waals surface area contributed by atoms with E-state index in [1.807, 2.05) is 18.2 Å². The molecule has 2 N–H and O–H groups in total. The van der Waals surface area contributed by atoms with Crippen molar-refractivity contribution in [3.63, 3.8) is 0 Å². The maximum absolute atomic E-state index is 12.5. The molecule has 1 fully saturated rings. The molecule has 1 aromatic carbocycles. The maximum Gasteiger partial charge on any atom is 0.273 e. The number of carbonyl (C=O) groups is 1. The van der Waals surface area contributed by atoms with E-state index in [2.05, 4.69) is 33.4 Å². The van der Waals surface area contributed by atoms with Crippen molar-refractivity contribution >= 4 is 28.6 Å². The lowest BCUT2D eigenvalue weighted by Crippen LogP contribution is -2.20. The van der Waals surface area contributed by atoms with Crippen LogP contribution in [0.15, 0.2) is 41.1 Å². The molecule has 5 heteroatoms. The van der Waals surface area contributed by atoms with Crippen LogP contribution in [0.1, 0.15) is 50.5 Å². The summed E-state index contributed by atoms with van der Waals surface area (Å²) in [6, 6.07) is 8.29. The Hall–Kier alpha value is -2.40. The molecule has 1 aliphatic carbocycles. The zero-order valence-corrected chi connectivity index (χ0v) is 15.7. The summed E-state index contributed by atoms with van der Waals surface area (Å²) in [5.41, 5.74) is 6.57. The molecule has 1 amide bonds. The number of amides is 1. The lowest BCUT2D eigenvalue weighted by atomic mass is 9.83. The summed E-state index contributed by atoms with van der Waals surface area (Å²) in [6.07, 6.45) is 11.8. The smallest absolute Gasteiger partial charge is 0.273 e. The van der Waals surface area contributed by atoms with Crippen molar-refractivity contribution < 1.29 is 9.90 Å². The van der Waals surface area contributed by atoms with Crippen LogP contribution in [-0.4, -0.2) is 27.9 Å². The highest BCUT2D eigenvalue weighted by Crippen LogP contribution is 2.31. The number of hydrogen-bond donors (Lipinski definition) is 2. The number of para-hydroxylation sites is 1. The molecule has 2 heterocycles. The summed E-state index contributed by atoms with van der Waals surface area (Å²) < 4.78 is 2.22. The molecule has 5 nitrogen and oxygen atoms in total. The van der Waals surface area contributed by atoms with E-state index in [0.717, 1.165) is 60.0 Å². The van der Waals surface area contributed by atoms with Crippen LogP contribution in [0.3, 0.4) is 0 Å². The van der Waals surface area contributed by atoms with E-state index in [0.29, 0.717) is 5.92 Å². The van der Waals surface area contributed by atoms with Crippen LogP contribution in [-0.2, 0) is 11.3 Å². The average Bonchev–Trinajstić information content (AvgIpc) is 3.24. The first kappa shape index (κ1) is 18.0. The third kappa shape index (κ3) is 3.69. The molecule has 4 rings (SSSR count). The van der Waals surface area contributed by atoms with E-state index in [-0.39, 0.29) is 12.5 Å². The van der Waals surface area contributed by atoms with E-state index < -0.39 is 0 Å². The van der Waals surface area contributed by atoms with Gasteiger partial charge in [-0.3, -0.25) is 4.79 Å². The number of carbonyl (C=O) groups excluding carboxylic acids is 1. The van der Waals surface area contributed by atoms with Crippen molar-refractivity contribution in [3.8, 4) is 0 Å². The SMILES string of the molecule is O=C1NN=C(C2CCCCC2)C1=Cc1cn(CCCCO)c2ccccc12. The number of nitrogens with zero attached hydrogens (tertiary/aromatic N) is 2. The number of hydrogen-bond acceptors (Lipinski definition) is 3. The van der Waals surface area contributed by atoms with E-state index in [9.17, 15) is 4.79 Å². The van der Waals surface area contributed by atoms with Gasteiger partial charge in [-0.05, 0) is 37.8 Å². The maximum atomic E-state index is 12.5. The number of unbranched alkanes of at least 4 members (excludes halogenated alkanes) is 1. The lowest BCUT2D eigenvalue weighted by Gasteiger charge is -2.21. The van der Waals surface area contributed by atoms with Gasteiger partial charge in [0.05, 0.1) is 11.3 Å². The van der Waals surface area contributed by atoms with Crippen LogP contribution in [0.2, 0.25) is 0 Å². The molecule has 1 aliphatic heterocycles. The number of nitrogens with one attached hydrogen (secondary N) is 1. The molecule has 0 saturated heterocycles. The van der Waals surface area contributed by atoms with Gasteiger partial charge in [0, 0.05) is 41.7 Å². The first-order valence-corrected chi connectivity index (χ1v) is 10.1. The van der Waals surface area contributed by atoms with Gasteiger partial charge in [-0.25, -0.2) is 5.43 Å². The van der Waals surface area contributed by atoms with Crippen molar-refractivity contribution in [2.24, 2.45) is 11.0 Å². The van der Waals surface area contributed by atoms with Crippen LogP contribution in [0.5, 0.6) is 0 Å². The largest absolute Gasteiger partial charge is 0.396 e. The fraction of sp³-hybridized carbons (Fsp3) is 0.455. The molecule has 1 aromatic heterocycles. The second kappa shape index (κ2) is 8.09. The van der Waals surface area contributed by atoms with Gasteiger partial charge in [0.15, 0.2) is 0 Å². The highest BCUT2D eigenvalue weighted by atomic mass is 16.2. The highest BCUT2D eigenvalue weighted by Gasteiger charge is 2.30. The number of aliphatic hydroxyl groups is 1. The molecule has 142 valence electrons. The predicted molar refractivity (Wildman–Crippen MR) is 108 cm³/mol. The van der Waals surface area contributed by atoms with Crippen molar-refractivity contribution in [1.82, 2.24) is 9.99 Å². The molecule has 0 bridgehead atoms. The second-order valence-corrected chi connectivity index (χ2v) is 7.56. The Kier molecular flexibility index (Phi) is 5.39. The third-order valence-corrected chi connectivity index (χ3v) is 5.72. The summed E-state index contributed by atoms with van der Waals surface area (Å²) in [5, 5.41) is 14.6. The van der Waals surface area contributed by atoms with E-state index in [1.54, 1.807) is 0 Å². The van der Waals surface area contributed by atoms with Crippen LogP contribution in [0, 0.1) is 5.92 Å². The molecule has 2 aliphatic rings. The topological polar surface area (TPSA) is 66.6 Å². The Balaban J connectivity index is 1.68. The minimum Gasteiger partial charge on any atom is -0.396 e. The first-order valence-electron chi connectivity index (χ1n) is 10.1. The zero-order valence-electron chi connectivity index (χ0n) is 15.7. The number of rotatable bonds is 6. The van der Waals surface area contributed by atoms with Crippen molar-refractivity contribution in [1.29, 1.82) is 0 Å². The van der Waals surface area contributed by atoms with E-state index >= 15 is 0 Å². The second-order valence-electron chi connectivity index (χ2n) is 7.56. The zero-order chi connectivity index (χ0) is 18.6. The molecule has 0 unspecified atom stereocenters. The van der Waals surface area contributed by atoms with Gasteiger partial charge in [-0.2, -0.15) is 5.10 Å². The average molecular weight is 365 g/mol. The summed E-state index contributed by atoms with van der Waals surface area (Å²) in [4.78, 5) is 12.5. The quantitative estimate of drug-likeness (QED) is 0.603. The first-order chi connectivity index (χ1) is 13.3. The third-order valence-electron chi connectivity index (χ3n) is 5.72. The standard InChI is InChI=1S/C22H27N3O2/c26-13-7-6-12-25-15-17(18-10-4-5-11-20(18)25)14-19-21(23-24-22(19)27)16-8-2-1-3-9-16/h4-5,10-11,14-16,26H,1-3,6-9,12-13H2,(H,24,27). The number of benzene rings is 1. The van der Waals surface area contributed by atoms with Gasteiger partial charge in [0.1, 0.15) is 0 Å². The van der Waals surface area contributed by atoms with E-state index in [1.165, 1.54) is 19.3 Å². The van der Waals surface area contributed by atoms with Gasteiger partial charge in [-0.15, -0.1) is 0 Å². The molecule has 2 aromatic rings. The van der Waals surface area contributed by atoms with Crippen molar-refractivity contribution in [3.05, 3.63) is 41.6 Å². The normalized spacial score (nSPS) is 19.7. The van der Waals surface area contributed by atoms with Crippen LogP contribution < -0.4 is 5.43 Å². The number of fused-ring (bicyclic) bond motifs is 1. The number of aliphatic hydroxyl groups excluding tert-OH is 1. The predicted octanol–water partition coefficient (Wildman–Crippen LogP) is 3.86. The molecule has 0 radical (unpaired) electrons. The van der Waals surface area contributed by atoms with Gasteiger partial charge in [-0.1, -0.05) is 37.5 Å². The Morgan fingerprint density at radius 3 is 2.81 bits per heavy atom. The van der Waals surface area contributed by atoms with E-state index in [4.69, 9.17) is 5.11 Å². The van der Waals surface area contributed by atoms with Gasteiger partial charge < -0.3 is 9.67 Å². The molecule has 0 spiro atoms. The van der Waals surface area contributed by atoms with Crippen LogP contribution in [0.25, 0.3) is 17.0 Å². The molecule has 1 saturated carbocycles. The molecule has 0 atom stereocenters. The fourth-order valence-electron chi connectivity index (χ4n) is 4.30. The Bertz CT molecular complexity index is 888. The Morgan fingerprint density at radius 2 is 2.00 bits per heavy atom. The monoisotopic (exact) mass is 365 g/mol. The summed E-state index contributed by atoms with van der Waals surface area (Å²) in [5.74, 6) is 0.300. The number of aromatic nitrogens is 1. The summed E-state index contributed by atoms with van der Waals surface area (Å²) in [6.45, 7) is 1.08.